The predicted octanol–water partition coefficient (Wildman–Crippen LogP) is 5.44. The highest BCUT2D eigenvalue weighted by atomic mass is 32.1. The summed E-state index contributed by atoms with van der Waals surface area (Å²) in [4.78, 5) is 27.0. The van der Waals surface area contributed by atoms with Crippen molar-refractivity contribution >= 4 is 29.3 Å². The number of fused-ring (bicyclic) bond motifs is 1. The third kappa shape index (κ3) is 5.47. The van der Waals surface area contributed by atoms with Gasteiger partial charge in [0, 0.05) is 22.8 Å². The molecule has 4 rings (SSSR count). The highest BCUT2D eigenvalue weighted by molar-refractivity contribution is 7.15. The quantitative estimate of drug-likeness (QED) is 0.244. The van der Waals surface area contributed by atoms with Crippen LogP contribution in [-0.4, -0.2) is 30.2 Å². The molecule has 0 saturated heterocycles. The van der Waals surface area contributed by atoms with Crippen molar-refractivity contribution in [2.45, 2.75) is 53.0 Å². The van der Waals surface area contributed by atoms with Crippen molar-refractivity contribution in [2.24, 2.45) is 0 Å². The standard InChI is InChI=1S/C29H31N3O4S/c1-5-36-29(34)26-24-8-6-7-9-25(24)37-28(26)32-18(2)14-21(19(32)3)15-22(16-30)27(33)31-17-20-10-12-23(35-4)13-11-20/h10-15H,5-9,17H2,1-4H3,(H,31,33)/b22-15-. The van der Waals surface area contributed by atoms with Gasteiger partial charge in [0.25, 0.3) is 5.91 Å². The number of hydrogen-bond donors (Lipinski definition) is 1. The van der Waals surface area contributed by atoms with Crippen molar-refractivity contribution in [2.75, 3.05) is 13.7 Å². The fourth-order valence-corrected chi connectivity index (χ4v) is 6.18. The van der Waals surface area contributed by atoms with Crippen molar-refractivity contribution in [1.82, 2.24) is 9.88 Å². The molecule has 37 heavy (non-hydrogen) atoms. The number of amides is 1. The van der Waals surface area contributed by atoms with E-state index < -0.39 is 5.91 Å². The topological polar surface area (TPSA) is 93.4 Å². The average molecular weight is 518 g/mol. The molecule has 0 atom stereocenters. The molecule has 1 N–H and O–H groups in total. The molecule has 2 heterocycles. The van der Waals surface area contributed by atoms with Crippen LogP contribution in [0.5, 0.6) is 5.75 Å². The second-order valence-corrected chi connectivity index (χ2v) is 10.1. The van der Waals surface area contributed by atoms with E-state index in [1.807, 2.05) is 61.7 Å². The van der Waals surface area contributed by atoms with Crippen LogP contribution in [0.4, 0.5) is 0 Å². The van der Waals surface area contributed by atoms with Gasteiger partial charge in [0.05, 0.1) is 19.3 Å². The third-order valence-corrected chi connectivity index (χ3v) is 7.86. The van der Waals surface area contributed by atoms with Gasteiger partial charge < -0.3 is 19.4 Å². The number of aromatic nitrogens is 1. The SMILES string of the molecule is CCOC(=O)c1c(-n2c(C)cc(/C=C(/C#N)C(=O)NCc3ccc(OC)cc3)c2C)sc2c1CCCC2. The summed E-state index contributed by atoms with van der Waals surface area (Å²) in [6.45, 7) is 6.33. The molecule has 7 nitrogen and oxygen atoms in total. The van der Waals surface area contributed by atoms with E-state index in [1.165, 1.54) is 4.88 Å². The van der Waals surface area contributed by atoms with Gasteiger partial charge in [-0.25, -0.2) is 4.79 Å². The molecule has 0 aliphatic heterocycles. The number of nitrogens with one attached hydrogen (secondary N) is 1. The number of benzene rings is 1. The van der Waals surface area contributed by atoms with Gasteiger partial charge in [-0.05, 0) is 87.4 Å². The molecule has 3 aromatic rings. The van der Waals surface area contributed by atoms with Crippen LogP contribution in [0.1, 0.15) is 63.1 Å². The molecular weight excluding hydrogens is 486 g/mol. The Morgan fingerprint density at radius 1 is 1.19 bits per heavy atom. The van der Waals surface area contributed by atoms with Crippen LogP contribution < -0.4 is 10.1 Å². The van der Waals surface area contributed by atoms with E-state index in [0.717, 1.165) is 64.5 Å². The summed E-state index contributed by atoms with van der Waals surface area (Å²) in [5, 5.41) is 13.4. The number of carbonyl (C=O) groups is 2. The third-order valence-electron chi connectivity index (χ3n) is 6.58. The van der Waals surface area contributed by atoms with Crippen molar-refractivity contribution in [3.05, 3.63) is 74.4 Å². The van der Waals surface area contributed by atoms with Crippen LogP contribution in [0, 0.1) is 25.2 Å². The molecule has 1 amide bonds. The van der Waals surface area contributed by atoms with Gasteiger partial charge in [-0.2, -0.15) is 5.26 Å². The number of esters is 1. The molecule has 0 bridgehead atoms. The summed E-state index contributed by atoms with van der Waals surface area (Å²) >= 11 is 1.64. The lowest BCUT2D eigenvalue weighted by Crippen LogP contribution is -2.23. The molecule has 8 heteroatoms. The second kappa shape index (κ2) is 11.5. The van der Waals surface area contributed by atoms with Gasteiger partial charge in [-0.3, -0.25) is 4.79 Å². The fourth-order valence-electron chi connectivity index (χ4n) is 4.69. The van der Waals surface area contributed by atoms with Crippen molar-refractivity contribution < 1.29 is 19.1 Å². The number of ether oxygens (including phenoxy) is 2. The largest absolute Gasteiger partial charge is 0.497 e. The van der Waals surface area contributed by atoms with Gasteiger partial charge >= 0.3 is 5.97 Å². The summed E-state index contributed by atoms with van der Waals surface area (Å²) in [5.74, 6) is -0.000197. The lowest BCUT2D eigenvalue weighted by atomic mass is 9.95. The normalized spacial score (nSPS) is 13.0. The van der Waals surface area contributed by atoms with Crippen molar-refractivity contribution in [3.8, 4) is 16.8 Å². The zero-order chi connectivity index (χ0) is 26.5. The number of carbonyl (C=O) groups excluding carboxylic acids is 2. The van der Waals surface area contributed by atoms with Crippen LogP contribution in [0.15, 0.2) is 35.9 Å². The Morgan fingerprint density at radius 2 is 1.92 bits per heavy atom. The minimum Gasteiger partial charge on any atom is -0.497 e. The van der Waals surface area contributed by atoms with E-state index in [-0.39, 0.29) is 11.5 Å². The number of rotatable bonds is 8. The van der Waals surface area contributed by atoms with Gasteiger partial charge in [0.2, 0.25) is 0 Å². The van der Waals surface area contributed by atoms with E-state index in [1.54, 1.807) is 24.5 Å². The smallest absolute Gasteiger partial charge is 0.341 e. The zero-order valence-electron chi connectivity index (χ0n) is 21.6. The first-order valence-electron chi connectivity index (χ1n) is 12.4. The molecule has 0 spiro atoms. The van der Waals surface area contributed by atoms with E-state index >= 15 is 0 Å². The average Bonchev–Trinajstić information content (AvgIpc) is 3.41. The monoisotopic (exact) mass is 517 g/mol. The number of nitriles is 1. The van der Waals surface area contributed by atoms with Gasteiger partial charge in [-0.15, -0.1) is 11.3 Å². The molecule has 192 valence electrons. The maximum atomic E-state index is 13.0. The molecule has 1 aromatic carbocycles. The highest BCUT2D eigenvalue weighted by Crippen LogP contribution is 2.39. The van der Waals surface area contributed by atoms with Crippen LogP contribution in [0.2, 0.25) is 0 Å². The zero-order valence-corrected chi connectivity index (χ0v) is 22.5. The van der Waals surface area contributed by atoms with Crippen molar-refractivity contribution in [3.63, 3.8) is 0 Å². The summed E-state index contributed by atoms with van der Waals surface area (Å²) in [7, 11) is 1.60. The highest BCUT2D eigenvalue weighted by Gasteiger charge is 2.28. The number of hydrogen-bond acceptors (Lipinski definition) is 6. The Hall–Kier alpha value is -3.83. The van der Waals surface area contributed by atoms with E-state index in [2.05, 4.69) is 5.32 Å². The van der Waals surface area contributed by atoms with Crippen molar-refractivity contribution in [1.29, 1.82) is 5.26 Å². The van der Waals surface area contributed by atoms with E-state index in [4.69, 9.17) is 9.47 Å². The Morgan fingerprint density at radius 3 is 2.59 bits per heavy atom. The number of aryl methyl sites for hydroxylation is 2. The lowest BCUT2D eigenvalue weighted by Gasteiger charge is -2.13. The maximum absolute atomic E-state index is 13.0. The number of nitrogens with zero attached hydrogens (tertiary/aromatic N) is 2. The van der Waals surface area contributed by atoms with E-state index in [0.29, 0.717) is 18.7 Å². The molecule has 1 aliphatic carbocycles. The molecular formula is C29H31N3O4S. The molecule has 1 aliphatic rings. The van der Waals surface area contributed by atoms with Gasteiger partial charge in [0.1, 0.15) is 22.4 Å². The predicted molar refractivity (Wildman–Crippen MR) is 144 cm³/mol. The Bertz CT molecular complexity index is 1390. The number of methoxy groups -OCH3 is 1. The van der Waals surface area contributed by atoms with Gasteiger partial charge in [-0.1, -0.05) is 12.1 Å². The maximum Gasteiger partial charge on any atom is 0.341 e. The second-order valence-electron chi connectivity index (χ2n) is 8.97. The molecule has 0 unspecified atom stereocenters. The first-order chi connectivity index (χ1) is 17.9. The van der Waals surface area contributed by atoms with Crippen LogP contribution >= 0.6 is 11.3 Å². The van der Waals surface area contributed by atoms with Crippen LogP contribution in [0.3, 0.4) is 0 Å². The number of thiophene rings is 1. The summed E-state index contributed by atoms with van der Waals surface area (Å²) in [6.07, 6.45) is 5.62. The minimum absolute atomic E-state index is 0.0184. The summed E-state index contributed by atoms with van der Waals surface area (Å²) in [5.41, 5.74) is 5.21. The fraction of sp³-hybridized carbons (Fsp3) is 0.345. The molecule has 0 radical (unpaired) electrons. The first-order valence-corrected chi connectivity index (χ1v) is 13.2. The van der Waals surface area contributed by atoms with E-state index in [9.17, 15) is 14.9 Å². The summed E-state index contributed by atoms with van der Waals surface area (Å²) in [6, 6.07) is 11.4. The Balaban J connectivity index is 1.64. The summed E-state index contributed by atoms with van der Waals surface area (Å²) < 4.78 is 12.6. The lowest BCUT2D eigenvalue weighted by molar-refractivity contribution is -0.117. The van der Waals surface area contributed by atoms with Crippen LogP contribution in [-0.2, 0) is 28.9 Å². The Labute approximate surface area is 221 Å². The Kier molecular flexibility index (Phi) is 8.14. The first kappa shape index (κ1) is 26.2. The molecule has 0 fully saturated rings. The van der Waals surface area contributed by atoms with Gasteiger partial charge in [0.15, 0.2) is 0 Å². The molecule has 2 aromatic heterocycles. The minimum atomic E-state index is -0.443. The molecule has 0 saturated carbocycles. The van der Waals surface area contributed by atoms with Crippen LogP contribution in [0.25, 0.3) is 11.1 Å².